The number of fused-ring (bicyclic) bond motifs is 9. The van der Waals surface area contributed by atoms with Gasteiger partial charge in [-0.2, -0.15) is 0 Å². The van der Waals surface area contributed by atoms with Crippen molar-refractivity contribution in [2.24, 2.45) is 0 Å². The Balaban J connectivity index is 0.000000108. The second-order valence-corrected chi connectivity index (χ2v) is 14.8. The van der Waals surface area contributed by atoms with Crippen LogP contribution in [0.1, 0.15) is 17.1 Å². The van der Waals surface area contributed by atoms with E-state index in [1.165, 1.54) is 65.4 Å². The lowest BCUT2D eigenvalue weighted by molar-refractivity contribution is 0.835. The average molecular weight is 775 g/mol. The maximum Gasteiger partial charge on any atom is 0.0654 e. The van der Waals surface area contributed by atoms with Gasteiger partial charge in [0.05, 0.1) is 36.7 Å². The topological polar surface area (TPSA) is 53.5 Å². The summed E-state index contributed by atoms with van der Waals surface area (Å²) in [6, 6.07) is 69.5. The molecule has 0 bridgehead atoms. The van der Waals surface area contributed by atoms with E-state index in [1.807, 2.05) is 55.0 Å². The summed E-state index contributed by atoms with van der Waals surface area (Å²) in [5.41, 5.74) is 10.8. The molecule has 6 nitrogen and oxygen atoms in total. The molecule has 6 aromatic carbocycles. The van der Waals surface area contributed by atoms with Crippen LogP contribution < -0.4 is 0 Å². The summed E-state index contributed by atoms with van der Waals surface area (Å²) in [6.45, 7) is 2.40. The van der Waals surface area contributed by atoms with Gasteiger partial charge in [0.1, 0.15) is 0 Å². The lowest BCUT2D eigenvalue weighted by atomic mass is 10.2. The Morgan fingerprint density at radius 2 is 0.433 bits per heavy atom. The Hall–Kier alpha value is -7.83. The standard InChI is InChI=1S/3C18H14N2/c3*1-3-10-17-15(8-1)16-9-2-4-11-18(16)20(17)13-14-7-5-6-12-19-14/h3*1-12H,13H2. The zero-order valence-corrected chi connectivity index (χ0v) is 33.1. The molecule has 12 aromatic rings. The molecule has 6 aromatic heterocycles. The Morgan fingerprint density at radius 1 is 0.233 bits per heavy atom. The number of rotatable bonds is 6. The van der Waals surface area contributed by atoms with E-state index < -0.39 is 0 Å². The summed E-state index contributed by atoms with van der Waals surface area (Å²) in [5, 5.41) is 7.83. The molecule has 0 saturated heterocycles. The molecule has 60 heavy (non-hydrogen) atoms. The maximum absolute atomic E-state index is 4.45. The zero-order valence-electron chi connectivity index (χ0n) is 33.1. The monoisotopic (exact) mass is 774 g/mol. The highest BCUT2D eigenvalue weighted by Crippen LogP contribution is 2.31. The van der Waals surface area contributed by atoms with Crippen LogP contribution >= 0.6 is 0 Å². The second-order valence-electron chi connectivity index (χ2n) is 14.8. The predicted octanol–water partition coefficient (Wildman–Crippen LogP) is 12.7. The largest absolute Gasteiger partial charge is 0.334 e. The fourth-order valence-corrected chi connectivity index (χ4v) is 8.48. The van der Waals surface area contributed by atoms with E-state index in [4.69, 9.17) is 0 Å². The lowest BCUT2D eigenvalue weighted by Crippen LogP contribution is -2.00. The van der Waals surface area contributed by atoms with Gasteiger partial charge in [-0.3, -0.25) is 15.0 Å². The van der Waals surface area contributed by atoms with E-state index in [0.29, 0.717) is 0 Å². The molecule has 288 valence electrons. The first-order chi connectivity index (χ1) is 29.8. The van der Waals surface area contributed by atoms with E-state index in [2.05, 4.69) is 192 Å². The number of pyridine rings is 3. The van der Waals surface area contributed by atoms with Crippen molar-refractivity contribution < 1.29 is 0 Å². The molecule has 6 heterocycles. The van der Waals surface area contributed by atoms with Crippen LogP contribution in [0.5, 0.6) is 0 Å². The van der Waals surface area contributed by atoms with Crippen LogP contribution in [0.4, 0.5) is 0 Å². The highest BCUT2D eigenvalue weighted by molar-refractivity contribution is 6.09. The fourth-order valence-electron chi connectivity index (χ4n) is 8.48. The van der Waals surface area contributed by atoms with Crippen LogP contribution in [-0.2, 0) is 19.6 Å². The molecule has 0 fully saturated rings. The summed E-state index contributed by atoms with van der Waals surface area (Å²) in [5.74, 6) is 0. The maximum atomic E-state index is 4.45. The van der Waals surface area contributed by atoms with Crippen molar-refractivity contribution in [1.29, 1.82) is 0 Å². The minimum absolute atomic E-state index is 0.800. The summed E-state index contributed by atoms with van der Waals surface area (Å²) in [6.07, 6.45) is 5.55. The van der Waals surface area contributed by atoms with Gasteiger partial charge in [-0.05, 0) is 72.8 Å². The highest BCUT2D eigenvalue weighted by Gasteiger charge is 2.12. The number of aromatic nitrogens is 6. The van der Waals surface area contributed by atoms with Crippen molar-refractivity contribution in [3.63, 3.8) is 0 Å². The molecule has 0 N–H and O–H groups in total. The van der Waals surface area contributed by atoms with E-state index in [1.54, 1.807) is 0 Å². The van der Waals surface area contributed by atoms with Gasteiger partial charge in [0.15, 0.2) is 0 Å². The normalized spacial score (nSPS) is 11.2. The van der Waals surface area contributed by atoms with Crippen molar-refractivity contribution in [3.05, 3.63) is 236 Å². The minimum atomic E-state index is 0.800. The quantitative estimate of drug-likeness (QED) is 0.169. The van der Waals surface area contributed by atoms with Gasteiger partial charge >= 0.3 is 0 Å². The lowest BCUT2D eigenvalue weighted by Gasteiger charge is -2.06. The van der Waals surface area contributed by atoms with E-state index in [9.17, 15) is 0 Å². The molecule has 0 atom stereocenters. The number of hydrogen-bond donors (Lipinski definition) is 0. The van der Waals surface area contributed by atoms with Crippen molar-refractivity contribution in [2.45, 2.75) is 19.6 Å². The molecule has 0 spiro atoms. The van der Waals surface area contributed by atoms with Gasteiger partial charge in [-0.1, -0.05) is 127 Å². The molecule has 0 aliphatic rings. The predicted molar refractivity (Wildman–Crippen MR) is 248 cm³/mol. The van der Waals surface area contributed by atoms with Gasteiger partial charge in [-0.25, -0.2) is 0 Å². The van der Waals surface area contributed by atoms with Crippen LogP contribution in [0.3, 0.4) is 0 Å². The molecule has 12 rings (SSSR count). The third kappa shape index (κ3) is 7.16. The second kappa shape index (κ2) is 16.6. The summed E-state index contributed by atoms with van der Waals surface area (Å²) in [4.78, 5) is 13.3. The average Bonchev–Trinajstić information content (AvgIpc) is 3.94. The fraction of sp³-hybridized carbons (Fsp3) is 0.0556. The van der Waals surface area contributed by atoms with Crippen LogP contribution in [0, 0.1) is 0 Å². The van der Waals surface area contributed by atoms with Crippen molar-refractivity contribution >= 4 is 65.4 Å². The van der Waals surface area contributed by atoms with Crippen LogP contribution in [-0.4, -0.2) is 28.7 Å². The molecular formula is C54H42N6. The van der Waals surface area contributed by atoms with Crippen LogP contribution in [0.25, 0.3) is 65.4 Å². The first-order valence-corrected chi connectivity index (χ1v) is 20.4. The van der Waals surface area contributed by atoms with Crippen LogP contribution in [0.15, 0.2) is 219 Å². The molecule has 0 aliphatic heterocycles. The number of benzene rings is 6. The number of nitrogens with zero attached hydrogens (tertiary/aromatic N) is 6. The first-order valence-electron chi connectivity index (χ1n) is 20.4. The van der Waals surface area contributed by atoms with Crippen molar-refractivity contribution in [2.75, 3.05) is 0 Å². The SMILES string of the molecule is c1ccc(Cn2c3ccccc3c3ccccc32)nc1.c1ccc(Cn2c3ccccc3c3ccccc32)nc1.c1ccc(Cn2c3ccccc3c3ccccc32)nc1. The molecule has 0 unspecified atom stereocenters. The minimum Gasteiger partial charge on any atom is -0.334 e. The summed E-state index contributed by atoms with van der Waals surface area (Å²) in [7, 11) is 0. The number of para-hydroxylation sites is 6. The van der Waals surface area contributed by atoms with E-state index in [-0.39, 0.29) is 0 Å². The van der Waals surface area contributed by atoms with Gasteiger partial charge in [-0.15, -0.1) is 0 Å². The molecule has 6 heteroatoms. The summed E-state index contributed by atoms with van der Waals surface area (Å²) < 4.78 is 7.02. The molecular weight excluding hydrogens is 733 g/mol. The van der Waals surface area contributed by atoms with Gasteiger partial charge in [0.2, 0.25) is 0 Å². The highest BCUT2D eigenvalue weighted by atomic mass is 15.0. The Kier molecular flexibility index (Phi) is 10.1. The first kappa shape index (κ1) is 36.5. The zero-order chi connectivity index (χ0) is 40.1. The van der Waals surface area contributed by atoms with Gasteiger partial charge in [0.25, 0.3) is 0 Å². The smallest absolute Gasteiger partial charge is 0.0654 e. The molecule has 0 radical (unpaired) electrons. The molecule has 0 aliphatic carbocycles. The third-order valence-electron chi connectivity index (χ3n) is 11.2. The Bertz CT molecular complexity index is 2830. The molecule has 0 amide bonds. The van der Waals surface area contributed by atoms with E-state index >= 15 is 0 Å². The summed E-state index contributed by atoms with van der Waals surface area (Å²) >= 11 is 0. The Labute approximate surface area is 348 Å². The van der Waals surface area contributed by atoms with Gasteiger partial charge in [0, 0.05) is 84.0 Å². The molecule has 0 saturated carbocycles. The van der Waals surface area contributed by atoms with Crippen molar-refractivity contribution in [1.82, 2.24) is 28.7 Å². The van der Waals surface area contributed by atoms with E-state index in [0.717, 1.165) is 36.7 Å². The van der Waals surface area contributed by atoms with Gasteiger partial charge < -0.3 is 13.7 Å². The van der Waals surface area contributed by atoms with Crippen molar-refractivity contribution in [3.8, 4) is 0 Å². The Morgan fingerprint density at radius 3 is 0.633 bits per heavy atom. The number of hydrogen-bond acceptors (Lipinski definition) is 3. The van der Waals surface area contributed by atoms with Crippen LogP contribution in [0.2, 0.25) is 0 Å². The third-order valence-corrected chi connectivity index (χ3v) is 11.2.